The van der Waals surface area contributed by atoms with Crippen LogP contribution in [0, 0.1) is 5.92 Å². The molecule has 3 aliphatic carbocycles. The molecule has 21 heavy (non-hydrogen) atoms. The number of fused-ring (bicyclic) bond motifs is 5. The predicted octanol–water partition coefficient (Wildman–Crippen LogP) is 4.69. The summed E-state index contributed by atoms with van der Waals surface area (Å²) in [5, 5.41) is 0. The molecule has 1 saturated carbocycles. The maximum absolute atomic E-state index is 13.0. The van der Waals surface area contributed by atoms with E-state index >= 15 is 0 Å². The summed E-state index contributed by atoms with van der Waals surface area (Å²) in [6.45, 7) is 4.57. The monoisotopic (exact) mass is 280 g/mol. The zero-order chi connectivity index (χ0) is 14.6. The second-order valence-electron chi connectivity index (χ2n) is 7.26. The van der Waals surface area contributed by atoms with Gasteiger partial charge in [-0.1, -0.05) is 43.7 Å². The first-order valence-electron chi connectivity index (χ1n) is 8.50. The smallest absolute Gasteiger partial charge is 0.144 e. The Bertz CT molecular complexity index is 639. The lowest BCUT2D eigenvalue weighted by atomic mass is 9.59. The van der Waals surface area contributed by atoms with Crippen LogP contribution in [-0.2, 0) is 16.6 Å². The molecule has 1 fully saturated rings. The van der Waals surface area contributed by atoms with Crippen LogP contribution in [0.5, 0.6) is 0 Å². The van der Waals surface area contributed by atoms with Crippen molar-refractivity contribution in [2.24, 2.45) is 5.92 Å². The molecule has 1 nitrogen and oxygen atoms in total. The SMILES string of the molecule is CCC(C)c1cccc2c1C1(CC3=CCC1C3)C(=O)CC2. The number of carbonyl (C=O) groups is 1. The van der Waals surface area contributed by atoms with E-state index in [0.717, 1.165) is 32.1 Å². The molecule has 1 spiro atoms. The second-order valence-corrected chi connectivity index (χ2v) is 7.26. The van der Waals surface area contributed by atoms with E-state index in [2.05, 4.69) is 38.1 Å². The van der Waals surface area contributed by atoms with Crippen molar-refractivity contribution in [1.82, 2.24) is 0 Å². The number of aryl methyl sites for hydroxylation is 1. The summed E-state index contributed by atoms with van der Waals surface area (Å²) < 4.78 is 0. The van der Waals surface area contributed by atoms with Crippen molar-refractivity contribution in [3.05, 3.63) is 46.5 Å². The lowest BCUT2D eigenvalue weighted by molar-refractivity contribution is -0.126. The third-order valence-corrected chi connectivity index (χ3v) is 6.29. The van der Waals surface area contributed by atoms with Gasteiger partial charge in [-0.05, 0) is 60.6 Å². The lowest BCUT2D eigenvalue weighted by Gasteiger charge is -2.42. The Balaban J connectivity index is 1.96. The molecule has 0 heterocycles. The normalized spacial score (nSPS) is 31.4. The van der Waals surface area contributed by atoms with Gasteiger partial charge in [-0.25, -0.2) is 0 Å². The van der Waals surface area contributed by atoms with Crippen molar-refractivity contribution >= 4 is 5.78 Å². The third kappa shape index (κ3) is 1.66. The van der Waals surface area contributed by atoms with Crippen LogP contribution in [0.4, 0.5) is 0 Å². The van der Waals surface area contributed by atoms with Gasteiger partial charge in [-0.15, -0.1) is 0 Å². The number of Topliss-reactive ketones (excluding diaryl/α,β-unsaturated/α-hetero) is 1. The van der Waals surface area contributed by atoms with Gasteiger partial charge in [0, 0.05) is 6.42 Å². The highest BCUT2D eigenvalue weighted by Gasteiger charge is 2.55. The molecule has 2 bridgehead atoms. The fraction of sp³-hybridized carbons (Fsp3) is 0.550. The van der Waals surface area contributed by atoms with Crippen molar-refractivity contribution in [2.75, 3.05) is 0 Å². The van der Waals surface area contributed by atoms with Gasteiger partial charge in [0.15, 0.2) is 0 Å². The molecule has 0 saturated heterocycles. The first-order valence-corrected chi connectivity index (χ1v) is 8.50. The van der Waals surface area contributed by atoms with Crippen molar-refractivity contribution in [1.29, 1.82) is 0 Å². The lowest BCUT2D eigenvalue weighted by Crippen LogP contribution is -2.44. The van der Waals surface area contributed by atoms with Crippen LogP contribution in [-0.4, -0.2) is 5.78 Å². The van der Waals surface area contributed by atoms with E-state index in [4.69, 9.17) is 0 Å². The molecule has 4 rings (SSSR count). The Morgan fingerprint density at radius 2 is 2.19 bits per heavy atom. The molecule has 3 atom stereocenters. The van der Waals surface area contributed by atoms with E-state index in [9.17, 15) is 4.79 Å². The Hall–Kier alpha value is -1.37. The van der Waals surface area contributed by atoms with Crippen LogP contribution >= 0.6 is 0 Å². The van der Waals surface area contributed by atoms with Gasteiger partial charge in [-0.3, -0.25) is 4.79 Å². The first-order chi connectivity index (χ1) is 10.2. The van der Waals surface area contributed by atoms with Crippen LogP contribution in [0.25, 0.3) is 0 Å². The van der Waals surface area contributed by atoms with Gasteiger partial charge < -0.3 is 0 Å². The van der Waals surface area contributed by atoms with E-state index in [1.807, 2.05) is 0 Å². The van der Waals surface area contributed by atoms with Crippen LogP contribution in [0.3, 0.4) is 0 Å². The highest BCUT2D eigenvalue weighted by molar-refractivity contribution is 5.94. The predicted molar refractivity (Wildman–Crippen MR) is 85.6 cm³/mol. The van der Waals surface area contributed by atoms with Crippen molar-refractivity contribution < 1.29 is 4.79 Å². The van der Waals surface area contributed by atoms with Crippen LogP contribution in [0.1, 0.15) is 68.6 Å². The average molecular weight is 280 g/mol. The van der Waals surface area contributed by atoms with Crippen molar-refractivity contribution in [3.8, 4) is 0 Å². The molecule has 0 N–H and O–H groups in total. The van der Waals surface area contributed by atoms with Gasteiger partial charge in [0.2, 0.25) is 0 Å². The number of benzene rings is 1. The molecular formula is C20H24O. The molecule has 3 aliphatic rings. The summed E-state index contributed by atoms with van der Waals surface area (Å²) in [6, 6.07) is 6.76. The number of rotatable bonds is 2. The molecule has 0 aliphatic heterocycles. The molecule has 0 radical (unpaired) electrons. The Kier molecular flexibility index (Phi) is 2.89. The third-order valence-electron chi connectivity index (χ3n) is 6.29. The molecule has 1 heteroatoms. The zero-order valence-electron chi connectivity index (χ0n) is 13.1. The summed E-state index contributed by atoms with van der Waals surface area (Å²) in [5.74, 6) is 1.62. The fourth-order valence-electron chi connectivity index (χ4n) is 5.05. The average Bonchev–Trinajstić information content (AvgIpc) is 3.11. The van der Waals surface area contributed by atoms with E-state index in [1.165, 1.54) is 23.1 Å². The number of hydrogen-bond acceptors (Lipinski definition) is 1. The summed E-state index contributed by atoms with van der Waals surface area (Å²) in [6.07, 6.45) is 8.54. The molecular weight excluding hydrogens is 256 g/mol. The minimum absolute atomic E-state index is 0.155. The standard InChI is InChI=1S/C20H24O/c1-3-13(2)17-6-4-5-15-8-10-18(21)20(19(15)17)12-14-7-9-16(20)11-14/h4-7,13,16H,3,8-12H2,1-2H3. The zero-order valence-corrected chi connectivity index (χ0v) is 13.1. The fourth-order valence-corrected chi connectivity index (χ4v) is 5.05. The minimum atomic E-state index is -0.155. The minimum Gasteiger partial charge on any atom is -0.299 e. The Morgan fingerprint density at radius 1 is 1.33 bits per heavy atom. The van der Waals surface area contributed by atoms with Gasteiger partial charge in [0.25, 0.3) is 0 Å². The van der Waals surface area contributed by atoms with Gasteiger partial charge >= 0.3 is 0 Å². The van der Waals surface area contributed by atoms with Gasteiger partial charge in [0.05, 0.1) is 5.41 Å². The van der Waals surface area contributed by atoms with E-state index in [1.54, 1.807) is 5.57 Å². The highest BCUT2D eigenvalue weighted by Crippen LogP contribution is 2.58. The maximum Gasteiger partial charge on any atom is 0.144 e. The van der Waals surface area contributed by atoms with Crippen molar-refractivity contribution in [2.45, 2.75) is 63.7 Å². The molecule has 1 aromatic rings. The summed E-state index contributed by atoms with van der Waals surface area (Å²) >= 11 is 0. The number of carbonyl (C=O) groups excluding carboxylic acids is 1. The van der Waals surface area contributed by atoms with Crippen LogP contribution in [0.2, 0.25) is 0 Å². The van der Waals surface area contributed by atoms with Crippen LogP contribution < -0.4 is 0 Å². The molecule has 0 amide bonds. The second kappa shape index (κ2) is 4.56. The Morgan fingerprint density at radius 3 is 2.86 bits per heavy atom. The summed E-state index contributed by atoms with van der Waals surface area (Å²) in [7, 11) is 0. The first kappa shape index (κ1) is 13.3. The number of ketones is 1. The van der Waals surface area contributed by atoms with E-state index in [0.29, 0.717) is 17.6 Å². The van der Waals surface area contributed by atoms with Gasteiger partial charge in [0.1, 0.15) is 5.78 Å². The summed E-state index contributed by atoms with van der Waals surface area (Å²) in [4.78, 5) is 13.0. The van der Waals surface area contributed by atoms with Crippen molar-refractivity contribution in [3.63, 3.8) is 0 Å². The molecule has 3 unspecified atom stereocenters. The van der Waals surface area contributed by atoms with Crippen LogP contribution in [0.15, 0.2) is 29.8 Å². The highest BCUT2D eigenvalue weighted by atomic mass is 16.1. The largest absolute Gasteiger partial charge is 0.299 e. The topological polar surface area (TPSA) is 17.1 Å². The number of allylic oxidation sites excluding steroid dienone is 2. The summed E-state index contributed by atoms with van der Waals surface area (Å²) in [5.41, 5.74) is 5.75. The van der Waals surface area contributed by atoms with Gasteiger partial charge in [-0.2, -0.15) is 0 Å². The number of hydrogen-bond donors (Lipinski definition) is 0. The van der Waals surface area contributed by atoms with E-state index in [-0.39, 0.29) is 5.41 Å². The maximum atomic E-state index is 13.0. The quantitative estimate of drug-likeness (QED) is 0.718. The van der Waals surface area contributed by atoms with E-state index < -0.39 is 0 Å². The molecule has 110 valence electrons. The molecule has 1 aromatic carbocycles. The Labute approximate surface area is 127 Å². The molecule has 0 aromatic heterocycles.